The molecule has 0 aliphatic carbocycles. The Morgan fingerprint density at radius 2 is 0.869 bits per heavy atom. The highest BCUT2D eigenvalue weighted by molar-refractivity contribution is 6.23. The van der Waals surface area contributed by atoms with Gasteiger partial charge in [-0.05, 0) is 100 Å². The van der Waals surface area contributed by atoms with Crippen LogP contribution < -0.4 is 4.90 Å². The maximum Gasteiger partial charge on any atom is 0.143 e. The number of rotatable bonds is 7. The van der Waals surface area contributed by atoms with Gasteiger partial charge < -0.3 is 13.9 Å². The van der Waals surface area contributed by atoms with Gasteiger partial charge in [0.2, 0.25) is 0 Å². The van der Waals surface area contributed by atoms with Crippen LogP contribution in [-0.4, -0.2) is 4.57 Å². The Labute approximate surface area is 353 Å². The minimum atomic E-state index is 0.868. The van der Waals surface area contributed by atoms with Crippen LogP contribution in [-0.2, 0) is 0 Å². The third-order valence-corrected chi connectivity index (χ3v) is 12.2. The fourth-order valence-corrected chi connectivity index (χ4v) is 9.34. The molecule has 0 N–H and O–H groups in total. The normalized spacial score (nSPS) is 11.6. The molecule has 0 aliphatic heterocycles. The molecule has 0 radical (unpaired) electrons. The molecular formula is C58H38N2O. The van der Waals surface area contributed by atoms with Crippen molar-refractivity contribution in [2.24, 2.45) is 0 Å². The van der Waals surface area contributed by atoms with Crippen molar-refractivity contribution < 1.29 is 4.42 Å². The highest BCUT2D eigenvalue weighted by Crippen LogP contribution is 2.47. The number of hydrogen-bond donors (Lipinski definition) is 0. The summed E-state index contributed by atoms with van der Waals surface area (Å²) >= 11 is 0. The van der Waals surface area contributed by atoms with Crippen LogP contribution in [0.15, 0.2) is 235 Å². The molecule has 0 fully saturated rings. The number of para-hydroxylation sites is 2. The maximum atomic E-state index is 6.90. The molecular weight excluding hydrogens is 741 g/mol. The van der Waals surface area contributed by atoms with Gasteiger partial charge in [-0.2, -0.15) is 0 Å². The fourth-order valence-electron chi connectivity index (χ4n) is 9.34. The standard InChI is InChI=1S/C58H38N2O/c1-4-15-39(16-5-1)41-27-32-45(33-28-41)59(46-34-29-42(30-35-46)40-17-6-2-7-18-40)55-38-52-57-47(24-14-26-56(57)61-58(52)50-23-11-10-21-48(50)55)43-31-36-54-51(37-43)49-22-12-13-25-53(49)60(54)44-19-8-3-9-20-44/h1-38H. The van der Waals surface area contributed by atoms with E-state index in [-0.39, 0.29) is 0 Å². The Hall–Kier alpha value is -8.14. The van der Waals surface area contributed by atoms with Crippen molar-refractivity contribution in [3.05, 3.63) is 231 Å². The lowest BCUT2D eigenvalue weighted by Gasteiger charge is -2.27. The summed E-state index contributed by atoms with van der Waals surface area (Å²) in [4.78, 5) is 2.40. The molecule has 0 unspecified atom stereocenters. The predicted molar refractivity (Wildman–Crippen MR) is 257 cm³/mol. The van der Waals surface area contributed by atoms with E-state index in [2.05, 4.69) is 240 Å². The molecule has 2 heterocycles. The minimum absolute atomic E-state index is 0.868. The van der Waals surface area contributed by atoms with E-state index in [4.69, 9.17) is 4.42 Å². The Morgan fingerprint density at radius 1 is 0.344 bits per heavy atom. The van der Waals surface area contributed by atoms with Crippen LogP contribution in [0.1, 0.15) is 0 Å². The van der Waals surface area contributed by atoms with Gasteiger partial charge in [0.15, 0.2) is 0 Å². The van der Waals surface area contributed by atoms with Gasteiger partial charge in [0.05, 0.1) is 16.7 Å². The second-order valence-electron chi connectivity index (χ2n) is 15.7. The summed E-state index contributed by atoms with van der Waals surface area (Å²) in [5.74, 6) is 0. The summed E-state index contributed by atoms with van der Waals surface area (Å²) in [7, 11) is 0. The van der Waals surface area contributed by atoms with Crippen LogP contribution in [0.2, 0.25) is 0 Å². The van der Waals surface area contributed by atoms with Crippen LogP contribution >= 0.6 is 0 Å². The Balaban J connectivity index is 1.08. The third kappa shape index (κ3) is 5.82. The zero-order valence-electron chi connectivity index (χ0n) is 33.2. The van der Waals surface area contributed by atoms with Gasteiger partial charge in [-0.25, -0.2) is 0 Å². The summed E-state index contributed by atoms with van der Waals surface area (Å²) in [6.07, 6.45) is 0. The van der Waals surface area contributed by atoms with Crippen molar-refractivity contribution >= 4 is 71.6 Å². The first-order valence-electron chi connectivity index (χ1n) is 20.8. The molecule has 3 heteroatoms. The SMILES string of the molecule is c1ccc(-c2ccc(N(c3ccc(-c4ccccc4)cc3)c3cc4c(oc5cccc(-c6ccc7c(c6)c6ccccc6n7-c6ccccc6)c54)c4ccccc34)cc2)cc1. The van der Waals surface area contributed by atoms with E-state index in [9.17, 15) is 0 Å². The molecule has 2 aromatic heterocycles. The van der Waals surface area contributed by atoms with Crippen molar-refractivity contribution in [2.75, 3.05) is 4.90 Å². The first-order valence-corrected chi connectivity index (χ1v) is 20.8. The molecule has 0 saturated heterocycles. The van der Waals surface area contributed by atoms with Gasteiger partial charge in [0.25, 0.3) is 0 Å². The molecule has 0 bridgehead atoms. The van der Waals surface area contributed by atoms with Gasteiger partial charge in [0, 0.05) is 49.4 Å². The first-order chi connectivity index (χ1) is 30.3. The van der Waals surface area contributed by atoms with Crippen LogP contribution in [0.4, 0.5) is 17.1 Å². The zero-order valence-corrected chi connectivity index (χ0v) is 33.2. The van der Waals surface area contributed by atoms with Crippen molar-refractivity contribution in [2.45, 2.75) is 0 Å². The van der Waals surface area contributed by atoms with Gasteiger partial charge >= 0.3 is 0 Å². The highest BCUT2D eigenvalue weighted by atomic mass is 16.3. The summed E-state index contributed by atoms with van der Waals surface area (Å²) < 4.78 is 9.27. The average molecular weight is 779 g/mol. The lowest BCUT2D eigenvalue weighted by atomic mass is 9.96. The smallest absolute Gasteiger partial charge is 0.143 e. The lowest BCUT2D eigenvalue weighted by Crippen LogP contribution is -2.10. The average Bonchev–Trinajstić information content (AvgIpc) is 3.89. The van der Waals surface area contributed by atoms with Gasteiger partial charge in [-0.3, -0.25) is 0 Å². The molecule has 0 aliphatic rings. The first kappa shape index (κ1) is 34.9. The molecule has 3 nitrogen and oxygen atoms in total. The second kappa shape index (κ2) is 14.3. The van der Waals surface area contributed by atoms with Gasteiger partial charge in [0.1, 0.15) is 11.2 Å². The zero-order chi connectivity index (χ0) is 40.3. The largest absolute Gasteiger partial charge is 0.455 e. The maximum absolute atomic E-state index is 6.90. The number of nitrogens with zero attached hydrogens (tertiary/aromatic N) is 2. The van der Waals surface area contributed by atoms with E-state index in [0.29, 0.717) is 0 Å². The van der Waals surface area contributed by atoms with Gasteiger partial charge in [-0.15, -0.1) is 0 Å². The Kier molecular flexibility index (Phi) is 8.17. The molecule has 0 spiro atoms. The number of fused-ring (bicyclic) bond motifs is 8. The molecule has 0 amide bonds. The predicted octanol–water partition coefficient (Wildman–Crippen LogP) is 16.3. The number of furan rings is 1. The van der Waals surface area contributed by atoms with Crippen molar-refractivity contribution in [3.63, 3.8) is 0 Å². The van der Waals surface area contributed by atoms with Crippen LogP contribution in [0, 0.1) is 0 Å². The van der Waals surface area contributed by atoms with Crippen LogP contribution in [0.25, 0.3) is 93.6 Å². The van der Waals surface area contributed by atoms with Crippen LogP contribution in [0.3, 0.4) is 0 Å². The summed E-state index contributed by atoms with van der Waals surface area (Å²) in [6, 6.07) is 82.8. The van der Waals surface area contributed by atoms with Crippen LogP contribution in [0.5, 0.6) is 0 Å². The van der Waals surface area contributed by atoms with E-state index in [1.54, 1.807) is 0 Å². The third-order valence-electron chi connectivity index (χ3n) is 12.2. The topological polar surface area (TPSA) is 21.3 Å². The number of anilines is 3. The number of hydrogen-bond acceptors (Lipinski definition) is 2. The van der Waals surface area contributed by atoms with E-state index in [1.165, 1.54) is 44.1 Å². The molecule has 0 saturated carbocycles. The van der Waals surface area contributed by atoms with Crippen molar-refractivity contribution in [1.29, 1.82) is 0 Å². The lowest BCUT2D eigenvalue weighted by molar-refractivity contribution is 0.673. The fraction of sp³-hybridized carbons (Fsp3) is 0. The number of aromatic nitrogens is 1. The molecule has 10 aromatic carbocycles. The second-order valence-corrected chi connectivity index (χ2v) is 15.7. The van der Waals surface area contributed by atoms with Gasteiger partial charge in [-0.1, -0.05) is 164 Å². The molecule has 286 valence electrons. The molecule has 12 aromatic rings. The summed E-state index contributed by atoms with van der Waals surface area (Å²) in [5.41, 5.74) is 15.6. The Morgan fingerprint density at radius 3 is 1.52 bits per heavy atom. The molecule has 0 atom stereocenters. The minimum Gasteiger partial charge on any atom is -0.455 e. The number of benzene rings is 10. The van der Waals surface area contributed by atoms with E-state index in [0.717, 1.165) is 66.6 Å². The summed E-state index contributed by atoms with van der Waals surface area (Å²) in [6.45, 7) is 0. The van der Waals surface area contributed by atoms with E-state index >= 15 is 0 Å². The summed E-state index contributed by atoms with van der Waals surface area (Å²) in [5, 5.41) is 6.83. The molecule has 12 rings (SSSR count). The van der Waals surface area contributed by atoms with E-state index < -0.39 is 0 Å². The molecule has 61 heavy (non-hydrogen) atoms. The Bertz CT molecular complexity index is 3470. The quantitative estimate of drug-likeness (QED) is 0.161. The van der Waals surface area contributed by atoms with Crippen molar-refractivity contribution in [3.8, 4) is 39.1 Å². The highest BCUT2D eigenvalue weighted by Gasteiger charge is 2.23. The van der Waals surface area contributed by atoms with E-state index in [1.807, 2.05) is 0 Å². The van der Waals surface area contributed by atoms with Crippen molar-refractivity contribution in [1.82, 2.24) is 4.57 Å². The monoisotopic (exact) mass is 778 g/mol.